The summed E-state index contributed by atoms with van der Waals surface area (Å²) in [6.07, 6.45) is 1.58. The predicted molar refractivity (Wildman–Crippen MR) is 103 cm³/mol. The van der Waals surface area contributed by atoms with Gasteiger partial charge < -0.3 is 9.57 Å². The number of hydrogen-bond donors (Lipinski definition) is 0. The van der Waals surface area contributed by atoms with Crippen LogP contribution >= 0.6 is 11.6 Å². The largest absolute Gasteiger partial charge is 0.451 e. The van der Waals surface area contributed by atoms with Crippen LogP contribution in [0.25, 0.3) is 10.9 Å². The topological polar surface area (TPSA) is 82.4 Å². The summed E-state index contributed by atoms with van der Waals surface area (Å²) in [7, 11) is 0. The van der Waals surface area contributed by atoms with E-state index in [-0.39, 0.29) is 29.4 Å². The van der Waals surface area contributed by atoms with Crippen LogP contribution in [0.3, 0.4) is 0 Å². The lowest BCUT2D eigenvalue weighted by molar-refractivity contribution is -0.144. The van der Waals surface area contributed by atoms with Gasteiger partial charge in [0.15, 0.2) is 0 Å². The van der Waals surface area contributed by atoms with Gasteiger partial charge in [0.05, 0.1) is 34.0 Å². The molecule has 11 heteroatoms. The van der Waals surface area contributed by atoms with Gasteiger partial charge in [-0.15, -0.1) is 0 Å². The molecule has 0 bridgehead atoms. The third-order valence-corrected chi connectivity index (χ3v) is 4.45. The summed E-state index contributed by atoms with van der Waals surface area (Å²) in [5.74, 6) is -0.513. The van der Waals surface area contributed by atoms with Gasteiger partial charge in [-0.05, 0) is 30.9 Å². The maximum Gasteiger partial charge on any atom is 0.451 e. The van der Waals surface area contributed by atoms with E-state index >= 15 is 0 Å². The number of halogens is 4. The van der Waals surface area contributed by atoms with E-state index in [1.54, 1.807) is 6.07 Å². The summed E-state index contributed by atoms with van der Waals surface area (Å²) in [5, 5.41) is 4.45. The first-order chi connectivity index (χ1) is 14.4. The lowest BCUT2D eigenvalue weighted by Gasteiger charge is -2.12. The van der Waals surface area contributed by atoms with Gasteiger partial charge >= 0.3 is 12.2 Å². The van der Waals surface area contributed by atoms with Crippen LogP contribution in [0.5, 0.6) is 11.8 Å². The van der Waals surface area contributed by atoms with Crippen molar-refractivity contribution in [3.05, 3.63) is 47.1 Å². The Morgan fingerprint density at radius 3 is 2.63 bits per heavy atom. The minimum absolute atomic E-state index is 0.00534. The molecule has 0 atom stereocenters. The summed E-state index contributed by atoms with van der Waals surface area (Å²) in [6, 6.07) is 4.53. The van der Waals surface area contributed by atoms with Crippen LogP contribution in [0.1, 0.15) is 24.4 Å². The van der Waals surface area contributed by atoms with E-state index < -0.39 is 12.0 Å². The molecule has 156 valence electrons. The molecule has 2 heterocycles. The fourth-order valence-electron chi connectivity index (χ4n) is 2.65. The second-order valence-corrected chi connectivity index (χ2v) is 7.10. The molecule has 1 aromatic carbocycles. The number of aromatic nitrogens is 4. The normalized spacial score (nSPS) is 14.4. The van der Waals surface area contributed by atoms with Crippen molar-refractivity contribution in [2.45, 2.75) is 25.4 Å². The van der Waals surface area contributed by atoms with Crippen LogP contribution in [0.2, 0.25) is 5.02 Å². The van der Waals surface area contributed by atoms with E-state index in [2.05, 4.69) is 25.1 Å². The minimum atomic E-state index is -4.70. The molecule has 1 saturated carbocycles. The van der Waals surface area contributed by atoms with Gasteiger partial charge in [-0.25, -0.2) is 19.9 Å². The zero-order valence-electron chi connectivity index (χ0n) is 15.4. The monoisotopic (exact) mass is 437 g/mol. The molecule has 0 amide bonds. The predicted octanol–water partition coefficient (Wildman–Crippen LogP) is 4.84. The SMILES string of the molecule is FC(F)(F)c1nc(CC=NOCC2CC2)c2c(Oc3ncc(Cl)cn3)cccc2n1. The smallest absolute Gasteiger partial charge is 0.424 e. The van der Waals surface area contributed by atoms with E-state index in [9.17, 15) is 13.2 Å². The Labute approximate surface area is 173 Å². The van der Waals surface area contributed by atoms with Crippen LogP contribution in [0.15, 0.2) is 35.7 Å². The number of rotatable bonds is 7. The van der Waals surface area contributed by atoms with Gasteiger partial charge in [-0.2, -0.15) is 13.2 Å². The Bertz CT molecular complexity index is 1070. The maximum atomic E-state index is 13.3. The van der Waals surface area contributed by atoms with Crippen molar-refractivity contribution >= 4 is 28.7 Å². The molecular weight excluding hydrogens is 423 g/mol. The quantitative estimate of drug-likeness (QED) is 0.388. The number of fused-ring (bicyclic) bond motifs is 1. The Morgan fingerprint density at radius 2 is 1.93 bits per heavy atom. The Kier molecular flexibility index (Phi) is 5.67. The van der Waals surface area contributed by atoms with Crippen molar-refractivity contribution in [3.63, 3.8) is 0 Å². The highest BCUT2D eigenvalue weighted by atomic mass is 35.5. The van der Waals surface area contributed by atoms with Crippen LogP contribution in [0.4, 0.5) is 13.2 Å². The number of nitrogens with zero attached hydrogens (tertiary/aromatic N) is 5. The molecule has 3 aromatic rings. The van der Waals surface area contributed by atoms with Crippen molar-refractivity contribution in [1.29, 1.82) is 0 Å². The summed E-state index contributed by atoms with van der Waals surface area (Å²) in [5.41, 5.74) is 0.168. The molecule has 30 heavy (non-hydrogen) atoms. The highest BCUT2D eigenvalue weighted by molar-refractivity contribution is 6.30. The molecule has 0 aliphatic heterocycles. The molecule has 1 fully saturated rings. The average molecular weight is 438 g/mol. The van der Waals surface area contributed by atoms with Crippen molar-refractivity contribution in [3.8, 4) is 11.8 Å². The second kappa shape index (κ2) is 8.39. The molecular formula is C19H15ClF3N5O2. The third-order valence-electron chi connectivity index (χ3n) is 4.25. The number of benzene rings is 1. The summed E-state index contributed by atoms with van der Waals surface area (Å²) in [4.78, 5) is 20.4. The number of ether oxygens (including phenoxy) is 1. The highest BCUT2D eigenvalue weighted by Crippen LogP contribution is 2.34. The van der Waals surface area contributed by atoms with E-state index in [1.807, 2.05) is 0 Å². The molecule has 0 spiro atoms. The second-order valence-electron chi connectivity index (χ2n) is 6.66. The maximum absolute atomic E-state index is 13.3. The van der Waals surface area contributed by atoms with Crippen LogP contribution in [-0.2, 0) is 17.4 Å². The van der Waals surface area contributed by atoms with E-state index in [1.165, 1.54) is 30.7 Å². The fraction of sp³-hybridized carbons (Fsp3) is 0.316. The summed E-state index contributed by atoms with van der Waals surface area (Å²) >= 11 is 5.77. The lowest BCUT2D eigenvalue weighted by Crippen LogP contribution is -2.13. The minimum Gasteiger partial charge on any atom is -0.424 e. The Hall–Kier alpha value is -3.01. The fourth-order valence-corrected chi connectivity index (χ4v) is 2.74. The number of oxime groups is 1. The molecule has 0 saturated heterocycles. The van der Waals surface area contributed by atoms with Gasteiger partial charge in [-0.3, -0.25) is 0 Å². The van der Waals surface area contributed by atoms with Gasteiger partial charge in [0, 0.05) is 12.6 Å². The van der Waals surface area contributed by atoms with Crippen molar-refractivity contribution in [2.24, 2.45) is 11.1 Å². The van der Waals surface area contributed by atoms with Crippen molar-refractivity contribution < 1.29 is 22.7 Å². The first-order valence-corrected chi connectivity index (χ1v) is 9.44. The van der Waals surface area contributed by atoms with Crippen LogP contribution in [-0.4, -0.2) is 32.8 Å². The lowest BCUT2D eigenvalue weighted by atomic mass is 10.1. The first kappa shape index (κ1) is 20.3. The third kappa shape index (κ3) is 4.93. The summed E-state index contributed by atoms with van der Waals surface area (Å²) in [6.45, 7) is 0.497. The molecule has 0 unspecified atom stereocenters. The zero-order chi connectivity index (χ0) is 21.1. The average Bonchev–Trinajstić information content (AvgIpc) is 3.53. The molecule has 4 rings (SSSR count). The van der Waals surface area contributed by atoms with E-state index in [0.717, 1.165) is 12.8 Å². The number of alkyl halides is 3. The van der Waals surface area contributed by atoms with Crippen molar-refractivity contribution in [1.82, 2.24) is 19.9 Å². The molecule has 7 nitrogen and oxygen atoms in total. The highest BCUT2D eigenvalue weighted by Gasteiger charge is 2.35. The van der Waals surface area contributed by atoms with Crippen molar-refractivity contribution in [2.75, 3.05) is 6.61 Å². The van der Waals surface area contributed by atoms with Gasteiger partial charge in [-0.1, -0.05) is 22.8 Å². The van der Waals surface area contributed by atoms with E-state index in [4.69, 9.17) is 21.2 Å². The van der Waals surface area contributed by atoms with E-state index in [0.29, 0.717) is 22.9 Å². The zero-order valence-corrected chi connectivity index (χ0v) is 16.2. The molecule has 1 aliphatic rings. The Morgan fingerprint density at radius 1 is 1.17 bits per heavy atom. The van der Waals surface area contributed by atoms with Gasteiger partial charge in [0.2, 0.25) is 5.82 Å². The van der Waals surface area contributed by atoms with Crippen LogP contribution < -0.4 is 4.74 Å². The molecule has 0 radical (unpaired) electrons. The van der Waals surface area contributed by atoms with Gasteiger partial charge in [0.25, 0.3) is 0 Å². The van der Waals surface area contributed by atoms with Crippen LogP contribution in [0, 0.1) is 5.92 Å². The Balaban J connectivity index is 1.69. The summed E-state index contributed by atoms with van der Waals surface area (Å²) < 4.78 is 45.5. The van der Waals surface area contributed by atoms with Gasteiger partial charge in [0.1, 0.15) is 12.4 Å². The standard InChI is InChI=1S/C19H15ClF3N5O2/c20-12-8-24-18(25-9-12)30-15-3-1-2-13-16(15)14(28-17(27-13)19(21,22)23)6-7-26-29-10-11-4-5-11/h1-3,7-9,11H,4-6,10H2. The first-order valence-electron chi connectivity index (χ1n) is 9.06. The molecule has 1 aliphatic carbocycles. The number of hydrogen-bond acceptors (Lipinski definition) is 7. The molecule has 0 N–H and O–H groups in total. The molecule has 2 aromatic heterocycles.